The molecule has 2 rings (SSSR count). The maximum absolute atomic E-state index is 14.4. The van der Waals surface area contributed by atoms with Crippen molar-refractivity contribution in [2.24, 2.45) is 0 Å². The Bertz CT molecular complexity index is 432. The summed E-state index contributed by atoms with van der Waals surface area (Å²) in [7, 11) is 0. The Balaban J connectivity index is 2.40. The topological polar surface area (TPSA) is 9.23 Å². The SMILES string of the molecule is CCC1(CC)OCC(c2ccc(Cl)cc2)=C1F. The van der Waals surface area contributed by atoms with Crippen molar-refractivity contribution >= 4 is 17.2 Å². The highest BCUT2D eigenvalue weighted by Crippen LogP contribution is 2.42. The molecule has 3 heteroatoms. The van der Waals surface area contributed by atoms with Crippen LogP contribution in [0.25, 0.3) is 5.57 Å². The number of hydrogen-bond acceptors (Lipinski definition) is 1. The summed E-state index contributed by atoms with van der Waals surface area (Å²) in [6.07, 6.45) is 1.32. The number of rotatable bonds is 3. The molecule has 1 aliphatic heterocycles. The summed E-state index contributed by atoms with van der Waals surface area (Å²) in [4.78, 5) is 0. The second-order valence-corrected chi connectivity index (χ2v) is 4.73. The average molecular weight is 255 g/mol. The summed E-state index contributed by atoms with van der Waals surface area (Å²) in [5.41, 5.74) is 0.802. The van der Waals surface area contributed by atoms with E-state index < -0.39 is 5.60 Å². The Morgan fingerprint density at radius 3 is 2.29 bits per heavy atom. The molecule has 0 saturated heterocycles. The summed E-state index contributed by atoms with van der Waals surface area (Å²) in [5.74, 6) is -0.121. The zero-order valence-corrected chi connectivity index (χ0v) is 10.9. The normalized spacial score (nSPS) is 18.8. The van der Waals surface area contributed by atoms with Gasteiger partial charge in [-0.2, -0.15) is 0 Å². The van der Waals surface area contributed by atoms with Gasteiger partial charge in [0.1, 0.15) is 11.4 Å². The number of halogens is 2. The second kappa shape index (κ2) is 4.79. The van der Waals surface area contributed by atoms with Gasteiger partial charge in [0.2, 0.25) is 0 Å². The van der Waals surface area contributed by atoms with E-state index in [0.717, 1.165) is 5.56 Å². The molecule has 0 spiro atoms. The van der Waals surface area contributed by atoms with Crippen molar-refractivity contribution in [3.05, 3.63) is 40.7 Å². The molecule has 1 aliphatic rings. The molecule has 0 atom stereocenters. The fourth-order valence-electron chi connectivity index (χ4n) is 2.24. The van der Waals surface area contributed by atoms with Crippen LogP contribution in [0.3, 0.4) is 0 Å². The molecule has 0 radical (unpaired) electrons. The van der Waals surface area contributed by atoms with Crippen LogP contribution >= 0.6 is 11.6 Å². The highest BCUT2D eigenvalue weighted by Gasteiger charge is 2.40. The van der Waals surface area contributed by atoms with Crippen LogP contribution < -0.4 is 0 Å². The summed E-state index contributed by atoms with van der Waals surface area (Å²) in [6.45, 7) is 4.25. The van der Waals surface area contributed by atoms with Crippen LogP contribution in [0.4, 0.5) is 4.39 Å². The van der Waals surface area contributed by atoms with Gasteiger partial charge in [-0.25, -0.2) is 4.39 Å². The van der Waals surface area contributed by atoms with Gasteiger partial charge in [-0.3, -0.25) is 0 Å². The molecule has 0 fully saturated rings. The molecule has 1 heterocycles. The Kier molecular flexibility index (Phi) is 3.55. The molecule has 0 saturated carbocycles. The lowest BCUT2D eigenvalue weighted by molar-refractivity contribution is -0.000290. The molecule has 1 aromatic carbocycles. The van der Waals surface area contributed by atoms with E-state index in [0.29, 0.717) is 30.0 Å². The molecule has 1 nitrogen and oxygen atoms in total. The summed E-state index contributed by atoms with van der Waals surface area (Å²) in [6, 6.07) is 7.22. The van der Waals surface area contributed by atoms with Crippen LogP contribution in [0.15, 0.2) is 30.1 Å². The molecule has 92 valence electrons. The molecule has 0 amide bonds. The van der Waals surface area contributed by atoms with Gasteiger partial charge in [-0.1, -0.05) is 37.6 Å². The van der Waals surface area contributed by atoms with Crippen molar-refractivity contribution in [2.75, 3.05) is 6.61 Å². The van der Waals surface area contributed by atoms with Crippen molar-refractivity contribution in [3.8, 4) is 0 Å². The highest BCUT2D eigenvalue weighted by molar-refractivity contribution is 6.30. The van der Waals surface area contributed by atoms with E-state index >= 15 is 0 Å². The van der Waals surface area contributed by atoms with Gasteiger partial charge in [-0.05, 0) is 30.5 Å². The first kappa shape index (κ1) is 12.6. The molecule has 0 bridgehead atoms. The van der Waals surface area contributed by atoms with Gasteiger partial charge in [0.05, 0.1) is 6.61 Å². The van der Waals surface area contributed by atoms with Gasteiger partial charge in [0.25, 0.3) is 0 Å². The van der Waals surface area contributed by atoms with E-state index in [1.54, 1.807) is 12.1 Å². The van der Waals surface area contributed by atoms with E-state index in [1.165, 1.54) is 0 Å². The zero-order chi connectivity index (χ0) is 12.5. The number of hydrogen-bond donors (Lipinski definition) is 0. The molecular weight excluding hydrogens is 239 g/mol. The quantitative estimate of drug-likeness (QED) is 0.765. The Hall–Kier alpha value is -0.860. The third-order valence-corrected chi connectivity index (χ3v) is 3.74. The second-order valence-electron chi connectivity index (χ2n) is 4.29. The predicted molar refractivity (Wildman–Crippen MR) is 68.7 cm³/mol. The van der Waals surface area contributed by atoms with E-state index in [9.17, 15) is 4.39 Å². The van der Waals surface area contributed by atoms with E-state index in [2.05, 4.69) is 0 Å². The van der Waals surface area contributed by atoms with Gasteiger partial charge >= 0.3 is 0 Å². The first-order valence-electron chi connectivity index (χ1n) is 5.92. The maximum Gasteiger partial charge on any atom is 0.138 e. The standard InChI is InChI=1S/C14H16ClFO/c1-3-14(4-2)13(16)12(9-17-14)10-5-7-11(15)8-6-10/h5-8H,3-4,9H2,1-2H3. The highest BCUT2D eigenvalue weighted by atomic mass is 35.5. The third kappa shape index (κ3) is 2.12. The summed E-state index contributed by atoms with van der Waals surface area (Å²) < 4.78 is 20.1. The minimum Gasteiger partial charge on any atom is -0.363 e. The maximum atomic E-state index is 14.4. The van der Waals surface area contributed by atoms with Crippen LogP contribution in [0.2, 0.25) is 5.02 Å². The molecule has 0 N–H and O–H groups in total. The minimum absolute atomic E-state index is 0.121. The molecular formula is C14H16ClFO. The van der Waals surface area contributed by atoms with Crippen molar-refractivity contribution in [2.45, 2.75) is 32.3 Å². The molecule has 0 unspecified atom stereocenters. The Morgan fingerprint density at radius 2 is 1.82 bits per heavy atom. The lowest BCUT2D eigenvalue weighted by Gasteiger charge is -2.24. The lowest BCUT2D eigenvalue weighted by Crippen LogP contribution is -2.27. The van der Waals surface area contributed by atoms with Crippen LogP contribution in [0.5, 0.6) is 0 Å². The lowest BCUT2D eigenvalue weighted by atomic mass is 9.93. The first-order chi connectivity index (χ1) is 8.13. The monoisotopic (exact) mass is 254 g/mol. The number of benzene rings is 1. The minimum atomic E-state index is -0.713. The van der Waals surface area contributed by atoms with Crippen molar-refractivity contribution < 1.29 is 9.13 Å². The van der Waals surface area contributed by atoms with Crippen LogP contribution in [-0.2, 0) is 4.74 Å². The van der Waals surface area contributed by atoms with Gasteiger partial charge in [0, 0.05) is 10.6 Å². The fourth-order valence-corrected chi connectivity index (χ4v) is 2.36. The molecule has 1 aromatic rings. The third-order valence-electron chi connectivity index (χ3n) is 3.49. The predicted octanol–water partition coefficient (Wildman–Crippen LogP) is 4.61. The van der Waals surface area contributed by atoms with E-state index in [4.69, 9.17) is 16.3 Å². The molecule has 0 aliphatic carbocycles. The van der Waals surface area contributed by atoms with Crippen molar-refractivity contribution in [3.63, 3.8) is 0 Å². The molecule has 17 heavy (non-hydrogen) atoms. The van der Waals surface area contributed by atoms with Crippen molar-refractivity contribution in [1.82, 2.24) is 0 Å². The fraction of sp³-hybridized carbons (Fsp3) is 0.429. The van der Waals surface area contributed by atoms with E-state index in [-0.39, 0.29) is 5.83 Å². The average Bonchev–Trinajstić information content (AvgIpc) is 2.68. The first-order valence-corrected chi connectivity index (χ1v) is 6.29. The van der Waals surface area contributed by atoms with Crippen LogP contribution in [0.1, 0.15) is 32.3 Å². The smallest absolute Gasteiger partial charge is 0.138 e. The Labute approximate surface area is 106 Å². The van der Waals surface area contributed by atoms with Crippen LogP contribution in [-0.4, -0.2) is 12.2 Å². The van der Waals surface area contributed by atoms with Gasteiger partial charge in [-0.15, -0.1) is 0 Å². The van der Waals surface area contributed by atoms with E-state index in [1.807, 2.05) is 26.0 Å². The Morgan fingerprint density at radius 1 is 1.24 bits per heavy atom. The van der Waals surface area contributed by atoms with Gasteiger partial charge < -0.3 is 4.74 Å². The summed E-state index contributed by atoms with van der Waals surface area (Å²) in [5, 5.41) is 0.658. The largest absolute Gasteiger partial charge is 0.363 e. The molecule has 0 aromatic heterocycles. The van der Waals surface area contributed by atoms with Crippen molar-refractivity contribution in [1.29, 1.82) is 0 Å². The zero-order valence-electron chi connectivity index (χ0n) is 10.1. The summed E-state index contributed by atoms with van der Waals surface area (Å²) >= 11 is 5.82. The van der Waals surface area contributed by atoms with Gasteiger partial charge in [0.15, 0.2) is 0 Å². The van der Waals surface area contributed by atoms with Crippen LogP contribution in [0, 0.1) is 0 Å². The number of ether oxygens (including phenoxy) is 1.